The highest BCUT2D eigenvalue weighted by Gasteiger charge is 2.30. The summed E-state index contributed by atoms with van der Waals surface area (Å²) >= 11 is 1.39. The minimum atomic E-state index is -4.38. The molecular formula is C24H21F3N2O3S. The number of benzene rings is 2. The summed E-state index contributed by atoms with van der Waals surface area (Å²) in [6.07, 6.45) is -1.26. The van der Waals surface area contributed by atoms with Gasteiger partial charge in [-0.3, -0.25) is 4.79 Å². The molecule has 172 valence electrons. The van der Waals surface area contributed by atoms with Crippen LogP contribution in [0.2, 0.25) is 0 Å². The van der Waals surface area contributed by atoms with Gasteiger partial charge in [-0.25, -0.2) is 4.98 Å². The van der Waals surface area contributed by atoms with E-state index in [1.54, 1.807) is 12.3 Å². The van der Waals surface area contributed by atoms with E-state index in [4.69, 9.17) is 4.74 Å². The maximum Gasteiger partial charge on any atom is 0.416 e. The van der Waals surface area contributed by atoms with Crippen molar-refractivity contribution in [2.75, 3.05) is 0 Å². The van der Waals surface area contributed by atoms with Crippen LogP contribution in [0.1, 0.15) is 35.0 Å². The number of aromatic amines is 1. The molecule has 0 bridgehead atoms. The molecular weight excluding hydrogens is 453 g/mol. The van der Waals surface area contributed by atoms with Crippen molar-refractivity contribution in [1.82, 2.24) is 9.97 Å². The summed E-state index contributed by atoms with van der Waals surface area (Å²) in [5.41, 5.74) is 2.19. The van der Waals surface area contributed by atoms with Gasteiger partial charge in [-0.1, -0.05) is 31.5 Å². The van der Waals surface area contributed by atoms with Gasteiger partial charge in [-0.15, -0.1) is 11.3 Å². The number of carboxylic acid groups (broad SMARTS) is 1. The van der Waals surface area contributed by atoms with Gasteiger partial charge in [-0.05, 0) is 36.2 Å². The lowest BCUT2D eigenvalue weighted by Crippen LogP contribution is -2.03. The number of aromatic nitrogens is 2. The second-order valence-corrected chi connectivity index (χ2v) is 8.65. The number of fused-ring (bicyclic) bond motifs is 1. The zero-order chi connectivity index (χ0) is 23.6. The van der Waals surface area contributed by atoms with Crippen LogP contribution in [-0.4, -0.2) is 21.0 Å². The molecule has 4 aromatic rings. The van der Waals surface area contributed by atoms with Gasteiger partial charge in [0.15, 0.2) is 0 Å². The van der Waals surface area contributed by atoms with E-state index < -0.39 is 17.7 Å². The quantitative estimate of drug-likeness (QED) is 0.307. The van der Waals surface area contributed by atoms with Gasteiger partial charge in [0.1, 0.15) is 17.4 Å². The Bertz CT molecular complexity index is 1280. The first-order chi connectivity index (χ1) is 15.8. The molecule has 0 unspecified atom stereocenters. The zero-order valence-corrected chi connectivity index (χ0v) is 18.5. The first kappa shape index (κ1) is 22.8. The van der Waals surface area contributed by atoms with Gasteiger partial charge in [-0.2, -0.15) is 13.2 Å². The summed E-state index contributed by atoms with van der Waals surface area (Å²) in [5, 5.41) is 10.6. The van der Waals surface area contributed by atoms with E-state index in [9.17, 15) is 23.1 Å². The number of carboxylic acids is 1. The second kappa shape index (κ2) is 9.27. The number of aryl methyl sites for hydroxylation is 1. The molecule has 2 heterocycles. The molecule has 0 aliphatic rings. The molecule has 0 aliphatic heterocycles. The fourth-order valence-corrected chi connectivity index (χ4v) is 4.67. The molecule has 0 radical (unpaired) electrons. The fraction of sp³-hybridized carbons (Fsp3) is 0.250. The first-order valence-corrected chi connectivity index (χ1v) is 11.2. The number of carbonyl (C=O) groups is 1. The van der Waals surface area contributed by atoms with Gasteiger partial charge in [0.2, 0.25) is 0 Å². The predicted octanol–water partition coefficient (Wildman–Crippen LogP) is 6.47. The summed E-state index contributed by atoms with van der Waals surface area (Å²) < 4.78 is 44.7. The van der Waals surface area contributed by atoms with Gasteiger partial charge in [0.05, 0.1) is 22.6 Å². The van der Waals surface area contributed by atoms with Crippen LogP contribution >= 0.6 is 11.3 Å². The average Bonchev–Trinajstić information content (AvgIpc) is 3.36. The molecule has 0 spiro atoms. The molecule has 5 nitrogen and oxygen atoms in total. The number of nitrogens with one attached hydrogen (secondary N) is 1. The van der Waals surface area contributed by atoms with Crippen LogP contribution in [0.5, 0.6) is 5.75 Å². The monoisotopic (exact) mass is 474 g/mol. The van der Waals surface area contributed by atoms with Gasteiger partial charge in [0.25, 0.3) is 0 Å². The van der Waals surface area contributed by atoms with Crippen molar-refractivity contribution in [3.8, 4) is 16.3 Å². The number of nitrogens with zero attached hydrogens (tertiary/aromatic N) is 1. The molecule has 4 rings (SSSR count). The maximum atomic E-state index is 12.9. The number of thiazole rings is 1. The zero-order valence-electron chi connectivity index (χ0n) is 17.7. The van der Waals surface area contributed by atoms with Crippen molar-refractivity contribution in [1.29, 1.82) is 0 Å². The first-order valence-electron chi connectivity index (χ1n) is 10.4. The van der Waals surface area contributed by atoms with E-state index in [0.29, 0.717) is 28.3 Å². The SMILES string of the molecule is CCCc1nc(-c2ccc(C(F)(F)F)cc2)sc1COc1cccc2[nH]cc(CC(=O)O)c12. The van der Waals surface area contributed by atoms with Crippen molar-refractivity contribution in [3.05, 3.63) is 70.4 Å². The Balaban J connectivity index is 1.61. The smallest absolute Gasteiger partial charge is 0.416 e. The topological polar surface area (TPSA) is 75.2 Å². The van der Waals surface area contributed by atoms with Crippen LogP contribution in [0.4, 0.5) is 13.2 Å². The van der Waals surface area contributed by atoms with E-state index in [1.165, 1.54) is 23.5 Å². The molecule has 2 N–H and O–H groups in total. The van der Waals surface area contributed by atoms with Crippen LogP contribution in [0.15, 0.2) is 48.7 Å². The van der Waals surface area contributed by atoms with Crippen molar-refractivity contribution in [3.63, 3.8) is 0 Å². The number of hydrogen-bond donors (Lipinski definition) is 2. The Morgan fingerprint density at radius 1 is 1.18 bits per heavy atom. The highest BCUT2D eigenvalue weighted by molar-refractivity contribution is 7.15. The number of hydrogen-bond acceptors (Lipinski definition) is 4. The molecule has 0 amide bonds. The Hall–Kier alpha value is -3.33. The fourth-order valence-electron chi connectivity index (χ4n) is 3.64. The molecule has 0 atom stereocenters. The van der Waals surface area contributed by atoms with Crippen molar-refractivity contribution >= 4 is 28.2 Å². The van der Waals surface area contributed by atoms with Crippen LogP contribution in [0, 0.1) is 0 Å². The van der Waals surface area contributed by atoms with Crippen LogP contribution < -0.4 is 4.74 Å². The molecule has 9 heteroatoms. The third kappa shape index (κ3) is 5.03. The third-order valence-corrected chi connectivity index (χ3v) is 6.29. The molecule has 0 fully saturated rings. The summed E-state index contributed by atoms with van der Waals surface area (Å²) in [4.78, 5) is 19.8. The number of rotatable bonds is 8. The molecule has 0 aliphatic carbocycles. The van der Waals surface area contributed by atoms with E-state index in [2.05, 4.69) is 9.97 Å². The molecule has 0 saturated carbocycles. The van der Waals surface area contributed by atoms with Crippen molar-refractivity contribution in [2.24, 2.45) is 0 Å². The Labute approximate surface area is 191 Å². The summed E-state index contributed by atoms with van der Waals surface area (Å²) in [6.45, 7) is 2.25. The molecule has 2 aromatic carbocycles. The van der Waals surface area contributed by atoms with Crippen LogP contribution in [-0.2, 0) is 30.4 Å². The van der Waals surface area contributed by atoms with Gasteiger partial charge < -0.3 is 14.8 Å². The van der Waals surface area contributed by atoms with E-state index in [1.807, 2.05) is 19.1 Å². The minimum Gasteiger partial charge on any atom is -0.487 e. The lowest BCUT2D eigenvalue weighted by atomic mass is 10.1. The Morgan fingerprint density at radius 3 is 2.61 bits per heavy atom. The van der Waals surface area contributed by atoms with E-state index in [0.717, 1.165) is 40.0 Å². The highest BCUT2D eigenvalue weighted by Crippen LogP contribution is 2.35. The number of ether oxygens (including phenoxy) is 1. The van der Waals surface area contributed by atoms with Gasteiger partial charge >= 0.3 is 12.1 Å². The predicted molar refractivity (Wildman–Crippen MR) is 121 cm³/mol. The van der Waals surface area contributed by atoms with E-state index >= 15 is 0 Å². The maximum absolute atomic E-state index is 12.9. The summed E-state index contributed by atoms with van der Waals surface area (Å²) in [7, 11) is 0. The van der Waals surface area contributed by atoms with Gasteiger partial charge in [0, 0.05) is 22.7 Å². The lowest BCUT2D eigenvalue weighted by molar-refractivity contribution is -0.138. The summed E-state index contributed by atoms with van der Waals surface area (Å²) in [6, 6.07) is 10.4. The normalized spacial score (nSPS) is 11.8. The third-order valence-electron chi connectivity index (χ3n) is 5.17. The number of aliphatic carboxylic acids is 1. The average molecular weight is 475 g/mol. The minimum absolute atomic E-state index is 0.125. The standard InChI is InChI=1S/C24H21F3N2O3S/c1-2-4-17-20(33-23(29-17)14-7-9-16(10-8-14)24(25,26)27)13-32-19-6-3-5-18-22(19)15(12-28-18)11-21(30)31/h3,5-10,12,28H,2,4,11,13H2,1H3,(H,30,31). The highest BCUT2D eigenvalue weighted by atomic mass is 32.1. The van der Waals surface area contributed by atoms with Crippen LogP contribution in [0.3, 0.4) is 0 Å². The van der Waals surface area contributed by atoms with Crippen molar-refractivity contribution < 1.29 is 27.8 Å². The number of H-pyrrole nitrogens is 1. The Kier molecular flexibility index (Phi) is 6.42. The van der Waals surface area contributed by atoms with Crippen LogP contribution in [0.25, 0.3) is 21.5 Å². The summed E-state index contributed by atoms with van der Waals surface area (Å²) in [5.74, 6) is -0.364. The number of halogens is 3. The lowest BCUT2D eigenvalue weighted by Gasteiger charge is -2.09. The molecule has 2 aromatic heterocycles. The Morgan fingerprint density at radius 2 is 1.94 bits per heavy atom. The second-order valence-electron chi connectivity index (χ2n) is 7.57. The van der Waals surface area contributed by atoms with Crippen molar-refractivity contribution in [2.45, 2.75) is 39.0 Å². The molecule has 0 saturated heterocycles. The largest absolute Gasteiger partial charge is 0.487 e. The molecule has 33 heavy (non-hydrogen) atoms. The van der Waals surface area contributed by atoms with E-state index in [-0.39, 0.29) is 13.0 Å². The number of alkyl halides is 3.